The van der Waals surface area contributed by atoms with E-state index < -0.39 is 17.4 Å². The van der Waals surface area contributed by atoms with Crippen LogP contribution in [-0.4, -0.2) is 5.78 Å². The second-order valence-corrected chi connectivity index (χ2v) is 5.25. The molecule has 0 amide bonds. The Labute approximate surface area is 118 Å². The van der Waals surface area contributed by atoms with Crippen molar-refractivity contribution in [1.82, 2.24) is 0 Å². The van der Waals surface area contributed by atoms with Crippen molar-refractivity contribution in [3.8, 4) is 0 Å². The molecule has 4 heteroatoms. The number of carbonyl (C=O) groups is 1. The van der Waals surface area contributed by atoms with Gasteiger partial charge in [0.2, 0.25) is 0 Å². The van der Waals surface area contributed by atoms with Crippen LogP contribution in [0.25, 0.3) is 0 Å². The lowest BCUT2D eigenvalue weighted by Crippen LogP contribution is -2.08. The van der Waals surface area contributed by atoms with Crippen molar-refractivity contribution in [1.29, 1.82) is 0 Å². The highest BCUT2D eigenvalue weighted by atomic mass is 79.9. The predicted molar refractivity (Wildman–Crippen MR) is 73.4 cm³/mol. The third-order valence-corrected chi connectivity index (χ3v) is 3.49. The molecule has 0 bridgehead atoms. The van der Waals surface area contributed by atoms with Gasteiger partial charge in [-0.3, -0.25) is 4.79 Å². The fourth-order valence-electron chi connectivity index (χ4n) is 2.01. The molecule has 2 rings (SSSR count). The van der Waals surface area contributed by atoms with Crippen molar-refractivity contribution in [2.45, 2.75) is 13.8 Å². The number of hydrogen-bond acceptors (Lipinski definition) is 1. The highest BCUT2D eigenvalue weighted by Crippen LogP contribution is 2.25. The van der Waals surface area contributed by atoms with Crippen LogP contribution in [0.2, 0.25) is 0 Å². The molecule has 0 fully saturated rings. The molecule has 0 heterocycles. The Hall–Kier alpha value is -1.55. The van der Waals surface area contributed by atoms with Crippen molar-refractivity contribution in [2.24, 2.45) is 0 Å². The van der Waals surface area contributed by atoms with Gasteiger partial charge >= 0.3 is 0 Å². The van der Waals surface area contributed by atoms with Crippen molar-refractivity contribution >= 4 is 21.7 Å². The molecular weight excluding hydrogens is 314 g/mol. The lowest BCUT2D eigenvalue weighted by atomic mass is 9.97. The quantitative estimate of drug-likeness (QED) is 0.739. The standard InChI is InChI=1S/C15H11BrF2O/c1-8-5-9(2)14(13(18)6-8)15(19)11-4-3-10(17)7-12(11)16/h3-7H,1-2H3. The molecule has 0 atom stereocenters. The van der Waals surface area contributed by atoms with E-state index in [2.05, 4.69) is 15.9 Å². The number of rotatable bonds is 2. The Kier molecular flexibility index (Phi) is 3.80. The van der Waals surface area contributed by atoms with E-state index in [1.165, 1.54) is 24.3 Å². The SMILES string of the molecule is Cc1cc(C)c(C(=O)c2ccc(F)cc2Br)c(F)c1. The molecule has 0 radical (unpaired) electrons. The summed E-state index contributed by atoms with van der Waals surface area (Å²) in [4.78, 5) is 12.3. The molecule has 0 saturated heterocycles. The van der Waals surface area contributed by atoms with Crippen LogP contribution in [0.4, 0.5) is 8.78 Å². The van der Waals surface area contributed by atoms with E-state index in [4.69, 9.17) is 0 Å². The van der Waals surface area contributed by atoms with Crippen LogP contribution < -0.4 is 0 Å². The number of benzene rings is 2. The third-order valence-electron chi connectivity index (χ3n) is 2.83. The Morgan fingerprint density at radius 3 is 2.37 bits per heavy atom. The van der Waals surface area contributed by atoms with E-state index in [9.17, 15) is 13.6 Å². The summed E-state index contributed by atoms with van der Waals surface area (Å²) in [5.74, 6) is -1.47. The molecular formula is C15H11BrF2O. The molecule has 2 aromatic rings. The van der Waals surface area contributed by atoms with E-state index in [0.717, 1.165) is 5.56 Å². The van der Waals surface area contributed by atoms with Gasteiger partial charge in [-0.2, -0.15) is 0 Å². The summed E-state index contributed by atoms with van der Waals surface area (Å²) in [6, 6.07) is 6.78. The molecule has 98 valence electrons. The highest BCUT2D eigenvalue weighted by Gasteiger charge is 2.19. The zero-order valence-electron chi connectivity index (χ0n) is 10.4. The average molecular weight is 325 g/mol. The van der Waals surface area contributed by atoms with Gasteiger partial charge in [0, 0.05) is 10.0 Å². The minimum absolute atomic E-state index is 0.0258. The topological polar surface area (TPSA) is 17.1 Å². The molecule has 0 saturated carbocycles. The van der Waals surface area contributed by atoms with Crippen molar-refractivity contribution in [3.63, 3.8) is 0 Å². The van der Waals surface area contributed by atoms with Crippen LogP contribution in [0.1, 0.15) is 27.0 Å². The van der Waals surface area contributed by atoms with Gasteiger partial charge in [-0.25, -0.2) is 8.78 Å². The minimum atomic E-state index is -0.557. The summed E-state index contributed by atoms with van der Waals surface area (Å²) in [7, 11) is 0. The lowest BCUT2D eigenvalue weighted by molar-refractivity contribution is 0.103. The minimum Gasteiger partial charge on any atom is -0.288 e. The van der Waals surface area contributed by atoms with Gasteiger partial charge in [-0.15, -0.1) is 0 Å². The number of carbonyl (C=O) groups excluding carboxylic acids is 1. The number of aryl methyl sites for hydroxylation is 2. The molecule has 0 N–H and O–H groups in total. The van der Waals surface area contributed by atoms with Crippen molar-refractivity contribution < 1.29 is 13.6 Å². The summed E-state index contributed by atoms with van der Waals surface area (Å²) in [6.07, 6.45) is 0. The van der Waals surface area contributed by atoms with E-state index in [-0.39, 0.29) is 11.1 Å². The van der Waals surface area contributed by atoms with Crippen LogP contribution in [-0.2, 0) is 0 Å². The largest absolute Gasteiger partial charge is 0.288 e. The van der Waals surface area contributed by atoms with Gasteiger partial charge < -0.3 is 0 Å². The zero-order valence-corrected chi connectivity index (χ0v) is 12.0. The van der Waals surface area contributed by atoms with E-state index in [0.29, 0.717) is 10.0 Å². The van der Waals surface area contributed by atoms with E-state index in [1.807, 2.05) is 0 Å². The van der Waals surface area contributed by atoms with Gasteiger partial charge in [0.05, 0.1) is 5.56 Å². The molecule has 0 aromatic heterocycles. The monoisotopic (exact) mass is 324 g/mol. The van der Waals surface area contributed by atoms with Crippen molar-refractivity contribution in [2.75, 3.05) is 0 Å². The Morgan fingerprint density at radius 1 is 1.11 bits per heavy atom. The van der Waals surface area contributed by atoms with Crippen molar-refractivity contribution in [3.05, 3.63) is 68.7 Å². The summed E-state index contributed by atoms with van der Waals surface area (Å²) >= 11 is 3.13. The molecule has 0 aliphatic carbocycles. The molecule has 0 aliphatic rings. The van der Waals surface area contributed by atoms with Gasteiger partial charge in [-0.1, -0.05) is 6.07 Å². The Morgan fingerprint density at radius 2 is 1.79 bits per heavy atom. The van der Waals surface area contributed by atoms with Gasteiger partial charge in [0.15, 0.2) is 5.78 Å². The van der Waals surface area contributed by atoms with Crippen LogP contribution in [0.15, 0.2) is 34.8 Å². The lowest BCUT2D eigenvalue weighted by Gasteiger charge is -2.09. The molecule has 0 aliphatic heterocycles. The normalized spacial score (nSPS) is 10.6. The first-order chi connectivity index (χ1) is 8.90. The van der Waals surface area contributed by atoms with Crippen LogP contribution in [0, 0.1) is 25.5 Å². The smallest absolute Gasteiger partial charge is 0.197 e. The fraction of sp³-hybridized carbons (Fsp3) is 0.133. The predicted octanol–water partition coefficient (Wildman–Crippen LogP) is 4.58. The summed E-state index contributed by atoms with van der Waals surface area (Å²) in [6.45, 7) is 3.44. The number of hydrogen-bond donors (Lipinski definition) is 0. The fourth-order valence-corrected chi connectivity index (χ4v) is 2.54. The summed E-state index contributed by atoms with van der Waals surface area (Å²) in [5, 5.41) is 0. The second-order valence-electron chi connectivity index (χ2n) is 4.39. The maximum Gasteiger partial charge on any atom is 0.197 e. The zero-order chi connectivity index (χ0) is 14.2. The maximum atomic E-state index is 13.9. The second kappa shape index (κ2) is 5.21. The molecule has 1 nitrogen and oxygen atoms in total. The van der Waals surface area contributed by atoms with Gasteiger partial charge in [-0.05, 0) is 65.2 Å². The van der Waals surface area contributed by atoms with Crippen LogP contribution in [0.3, 0.4) is 0 Å². The van der Waals surface area contributed by atoms with Gasteiger partial charge in [0.25, 0.3) is 0 Å². The molecule has 0 unspecified atom stereocenters. The van der Waals surface area contributed by atoms with Crippen LogP contribution >= 0.6 is 15.9 Å². The van der Waals surface area contributed by atoms with Crippen LogP contribution in [0.5, 0.6) is 0 Å². The number of halogens is 3. The van der Waals surface area contributed by atoms with E-state index >= 15 is 0 Å². The summed E-state index contributed by atoms with van der Waals surface area (Å²) < 4.78 is 27.3. The number of ketones is 1. The Balaban J connectivity index is 2.56. The maximum absolute atomic E-state index is 13.9. The summed E-state index contributed by atoms with van der Waals surface area (Å²) in [5.41, 5.74) is 1.59. The van der Waals surface area contributed by atoms with E-state index in [1.54, 1.807) is 19.9 Å². The molecule has 0 spiro atoms. The molecule has 19 heavy (non-hydrogen) atoms. The third kappa shape index (κ3) is 2.73. The van der Waals surface area contributed by atoms with Gasteiger partial charge in [0.1, 0.15) is 11.6 Å². The first-order valence-corrected chi connectivity index (χ1v) is 6.46. The Bertz CT molecular complexity index is 642. The molecule has 2 aromatic carbocycles. The highest BCUT2D eigenvalue weighted by molar-refractivity contribution is 9.10. The first-order valence-electron chi connectivity index (χ1n) is 5.66. The average Bonchev–Trinajstić information content (AvgIpc) is 2.26. The first kappa shape index (κ1) is 13.9.